The normalized spacial score (nSPS) is 12.8. The molecule has 2 heterocycles. The van der Waals surface area contributed by atoms with Crippen LogP contribution in [0, 0.1) is 0 Å². The summed E-state index contributed by atoms with van der Waals surface area (Å²) in [6.45, 7) is 1.54. The van der Waals surface area contributed by atoms with Crippen molar-refractivity contribution >= 4 is 23.4 Å². The van der Waals surface area contributed by atoms with Gasteiger partial charge in [0.05, 0.1) is 6.42 Å². The van der Waals surface area contributed by atoms with Crippen LogP contribution in [0.25, 0.3) is 11.1 Å². The monoisotopic (exact) mass is 375 g/mol. The molecule has 7 heteroatoms. The highest BCUT2D eigenvalue weighted by molar-refractivity contribution is 5.73. The second-order valence-electron chi connectivity index (χ2n) is 6.92. The summed E-state index contributed by atoms with van der Waals surface area (Å²) in [7, 11) is 0. The van der Waals surface area contributed by atoms with Gasteiger partial charge < -0.3 is 21.5 Å². The smallest absolute Gasteiger partial charge is 0.307 e. The van der Waals surface area contributed by atoms with Gasteiger partial charge in [0, 0.05) is 30.5 Å². The fourth-order valence-electron chi connectivity index (χ4n) is 3.57. The van der Waals surface area contributed by atoms with Crippen molar-refractivity contribution in [3.63, 3.8) is 0 Å². The largest absolute Gasteiger partial charge is 0.481 e. The number of carbonyl (C=O) groups is 1. The maximum atomic E-state index is 10.8. The van der Waals surface area contributed by atoms with Crippen LogP contribution >= 0.6 is 0 Å². The Hall–Kier alpha value is -3.61. The van der Waals surface area contributed by atoms with E-state index in [1.165, 1.54) is 11.3 Å². The number of carboxylic acids is 1. The zero-order chi connectivity index (χ0) is 19.7. The van der Waals surface area contributed by atoms with Crippen molar-refractivity contribution in [1.82, 2.24) is 9.97 Å². The molecule has 1 aromatic heterocycles. The highest BCUT2D eigenvalue weighted by atomic mass is 16.4. The third-order valence-corrected chi connectivity index (χ3v) is 4.99. The number of aliphatic carboxylic acids is 1. The van der Waals surface area contributed by atoms with Gasteiger partial charge in [0.2, 0.25) is 5.95 Å². The summed E-state index contributed by atoms with van der Waals surface area (Å²) in [5.41, 5.74) is 17.9. The van der Waals surface area contributed by atoms with Gasteiger partial charge in [-0.25, -0.2) is 4.98 Å². The Morgan fingerprint density at radius 2 is 1.86 bits per heavy atom. The highest BCUT2D eigenvalue weighted by Crippen LogP contribution is 2.33. The molecule has 0 aliphatic carbocycles. The van der Waals surface area contributed by atoms with Crippen molar-refractivity contribution in [2.45, 2.75) is 19.4 Å². The van der Waals surface area contributed by atoms with Crippen molar-refractivity contribution in [2.24, 2.45) is 0 Å². The van der Waals surface area contributed by atoms with E-state index >= 15 is 0 Å². The molecular formula is C21H21N5O2. The fourth-order valence-corrected chi connectivity index (χ4v) is 3.57. The molecule has 142 valence electrons. The minimum Gasteiger partial charge on any atom is -0.481 e. The Labute approximate surface area is 162 Å². The standard InChI is InChI=1S/C21H21N5O2/c22-20-17(11-24-21(23)25-20)12-26-8-7-16-10-15(5-6-18(16)26)14-3-1-13(2-4-14)9-19(27)28/h1-6,10-11H,7-9,12H2,(H,27,28)(H4,22,23,24,25). The molecule has 3 aromatic rings. The van der Waals surface area contributed by atoms with E-state index in [0.29, 0.717) is 12.4 Å². The van der Waals surface area contributed by atoms with E-state index in [1.54, 1.807) is 6.20 Å². The predicted octanol–water partition coefficient (Wildman–Crippen LogP) is 2.50. The SMILES string of the molecule is Nc1ncc(CN2CCc3cc(-c4ccc(CC(=O)O)cc4)ccc32)c(N)n1. The van der Waals surface area contributed by atoms with E-state index in [1.807, 2.05) is 24.3 Å². The van der Waals surface area contributed by atoms with E-state index in [9.17, 15) is 4.79 Å². The van der Waals surface area contributed by atoms with Gasteiger partial charge in [0.25, 0.3) is 0 Å². The van der Waals surface area contributed by atoms with Crippen LogP contribution in [0.5, 0.6) is 0 Å². The molecule has 0 spiro atoms. The van der Waals surface area contributed by atoms with Crippen LogP contribution in [0.2, 0.25) is 0 Å². The van der Waals surface area contributed by atoms with Crippen molar-refractivity contribution in [1.29, 1.82) is 0 Å². The average molecular weight is 375 g/mol. The number of aromatic nitrogens is 2. The molecule has 0 fully saturated rings. The fraction of sp³-hybridized carbons (Fsp3) is 0.190. The number of nitrogen functional groups attached to an aromatic ring is 2. The first-order chi connectivity index (χ1) is 13.5. The third-order valence-electron chi connectivity index (χ3n) is 4.99. The second kappa shape index (κ2) is 7.19. The molecule has 0 atom stereocenters. The van der Waals surface area contributed by atoms with Crippen LogP contribution < -0.4 is 16.4 Å². The van der Waals surface area contributed by atoms with E-state index in [2.05, 4.69) is 33.1 Å². The van der Waals surface area contributed by atoms with Gasteiger partial charge in [-0.15, -0.1) is 0 Å². The molecule has 4 rings (SSSR count). The molecule has 7 nitrogen and oxygen atoms in total. The van der Waals surface area contributed by atoms with Gasteiger partial charge in [0.1, 0.15) is 5.82 Å². The first-order valence-corrected chi connectivity index (χ1v) is 9.05. The first kappa shape index (κ1) is 17.8. The molecule has 28 heavy (non-hydrogen) atoms. The quantitative estimate of drug-likeness (QED) is 0.627. The summed E-state index contributed by atoms with van der Waals surface area (Å²) < 4.78 is 0. The van der Waals surface area contributed by atoms with Gasteiger partial charge in [-0.1, -0.05) is 30.3 Å². The van der Waals surface area contributed by atoms with Gasteiger partial charge in [-0.3, -0.25) is 4.79 Å². The molecular weight excluding hydrogens is 354 g/mol. The van der Waals surface area contributed by atoms with E-state index in [-0.39, 0.29) is 12.4 Å². The minimum atomic E-state index is -0.822. The van der Waals surface area contributed by atoms with Crippen LogP contribution in [0.15, 0.2) is 48.7 Å². The number of nitrogens with zero attached hydrogens (tertiary/aromatic N) is 3. The minimum absolute atomic E-state index is 0.0391. The van der Waals surface area contributed by atoms with Crippen LogP contribution in [0.1, 0.15) is 16.7 Å². The lowest BCUT2D eigenvalue weighted by Gasteiger charge is -2.20. The number of benzene rings is 2. The lowest BCUT2D eigenvalue weighted by Crippen LogP contribution is -2.21. The average Bonchev–Trinajstić information content (AvgIpc) is 3.06. The zero-order valence-corrected chi connectivity index (χ0v) is 15.3. The maximum absolute atomic E-state index is 10.8. The maximum Gasteiger partial charge on any atom is 0.307 e. The zero-order valence-electron chi connectivity index (χ0n) is 15.3. The van der Waals surface area contributed by atoms with E-state index in [4.69, 9.17) is 16.6 Å². The lowest BCUT2D eigenvalue weighted by atomic mass is 10.00. The lowest BCUT2D eigenvalue weighted by molar-refractivity contribution is -0.136. The Balaban J connectivity index is 1.54. The number of hydrogen-bond donors (Lipinski definition) is 3. The number of fused-ring (bicyclic) bond motifs is 1. The molecule has 2 aromatic carbocycles. The molecule has 0 radical (unpaired) electrons. The first-order valence-electron chi connectivity index (χ1n) is 9.05. The summed E-state index contributed by atoms with van der Waals surface area (Å²) in [5, 5.41) is 8.89. The van der Waals surface area contributed by atoms with Crippen LogP contribution in [-0.4, -0.2) is 27.6 Å². The summed E-state index contributed by atoms with van der Waals surface area (Å²) in [4.78, 5) is 21.2. The molecule has 0 saturated carbocycles. The topological polar surface area (TPSA) is 118 Å². The van der Waals surface area contributed by atoms with Crippen LogP contribution in [0.3, 0.4) is 0 Å². The Morgan fingerprint density at radius 1 is 1.11 bits per heavy atom. The number of rotatable bonds is 5. The summed E-state index contributed by atoms with van der Waals surface area (Å²) in [5.74, 6) is -0.224. The number of hydrogen-bond acceptors (Lipinski definition) is 6. The molecule has 0 saturated heterocycles. The molecule has 1 aliphatic rings. The molecule has 0 bridgehead atoms. The van der Waals surface area contributed by atoms with Gasteiger partial charge in [-0.2, -0.15) is 4.98 Å². The van der Waals surface area contributed by atoms with Crippen LogP contribution in [0.4, 0.5) is 17.5 Å². The predicted molar refractivity (Wildman–Crippen MR) is 109 cm³/mol. The number of carboxylic acid groups (broad SMARTS) is 1. The third kappa shape index (κ3) is 3.59. The number of nitrogens with two attached hydrogens (primary N) is 2. The van der Waals surface area contributed by atoms with Crippen molar-refractivity contribution in [2.75, 3.05) is 22.9 Å². The van der Waals surface area contributed by atoms with Crippen molar-refractivity contribution in [3.05, 3.63) is 65.4 Å². The second-order valence-corrected chi connectivity index (χ2v) is 6.92. The molecule has 0 amide bonds. The van der Waals surface area contributed by atoms with Gasteiger partial charge >= 0.3 is 5.97 Å². The molecule has 1 aliphatic heterocycles. The Morgan fingerprint density at radius 3 is 2.57 bits per heavy atom. The van der Waals surface area contributed by atoms with Crippen LogP contribution in [-0.2, 0) is 24.2 Å². The van der Waals surface area contributed by atoms with E-state index < -0.39 is 5.97 Å². The Kier molecular flexibility index (Phi) is 4.57. The summed E-state index contributed by atoms with van der Waals surface area (Å²) in [6, 6.07) is 14.1. The summed E-state index contributed by atoms with van der Waals surface area (Å²) in [6.07, 6.45) is 2.68. The Bertz CT molecular complexity index is 1030. The molecule has 5 N–H and O–H groups in total. The molecule has 0 unspecified atom stereocenters. The van der Waals surface area contributed by atoms with Gasteiger partial charge in [0.15, 0.2) is 0 Å². The highest BCUT2D eigenvalue weighted by Gasteiger charge is 2.21. The number of anilines is 3. The van der Waals surface area contributed by atoms with Crippen molar-refractivity contribution < 1.29 is 9.90 Å². The van der Waals surface area contributed by atoms with Crippen molar-refractivity contribution in [3.8, 4) is 11.1 Å². The van der Waals surface area contributed by atoms with Gasteiger partial charge in [-0.05, 0) is 40.8 Å². The van der Waals surface area contributed by atoms with E-state index in [0.717, 1.165) is 35.2 Å². The summed E-state index contributed by atoms with van der Waals surface area (Å²) >= 11 is 0.